The van der Waals surface area contributed by atoms with Gasteiger partial charge in [0.2, 0.25) is 0 Å². The second kappa shape index (κ2) is 7.73. The molecule has 23 heavy (non-hydrogen) atoms. The van der Waals surface area contributed by atoms with Crippen LogP contribution in [0.3, 0.4) is 0 Å². The van der Waals surface area contributed by atoms with E-state index in [-0.39, 0.29) is 4.75 Å². The molecule has 1 heterocycles. The van der Waals surface area contributed by atoms with Gasteiger partial charge >= 0.3 is 0 Å². The van der Waals surface area contributed by atoms with Crippen LogP contribution in [0.1, 0.15) is 26.6 Å². The average Bonchev–Trinajstić information content (AvgIpc) is 2.87. The highest BCUT2D eigenvalue weighted by Crippen LogP contribution is 2.19. The molecule has 2 aromatic rings. The molecule has 0 amide bonds. The molecule has 0 saturated carbocycles. The normalized spacial score (nSPS) is 12.7. The second-order valence-electron chi connectivity index (χ2n) is 6.09. The first-order valence-electron chi connectivity index (χ1n) is 7.94. The monoisotopic (exact) mass is 333 g/mol. The van der Waals surface area contributed by atoms with Gasteiger partial charge in [0.15, 0.2) is 5.96 Å². The molecule has 0 spiro atoms. The Balaban J connectivity index is 2.11. The van der Waals surface area contributed by atoms with E-state index >= 15 is 0 Å². The summed E-state index contributed by atoms with van der Waals surface area (Å²) in [5, 5.41) is 6.71. The van der Waals surface area contributed by atoms with Gasteiger partial charge in [-0.15, -0.1) is 0 Å². The van der Waals surface area contributed by atoms with Crippen LogP contribution in [0.5, 0.6) is 0 Å². The third kappa shape index (κ3) is 4.64. The number of fused-ring (bicyclic) bond motifs is 1. The molecule has 1 aromatic carbocycles. The average molecular weight is 334 g/mol. The summed E-state index contributed by atoms with van der Waals surface area (Å²) < 4.78 is 2.28. The molecule has 0 bridgehead atoms. The maximum Gasteiger partial charge on any atom is 0.191 e. The molecule has 0 aliphatic carbocycles. The van der Waals surface area contributed by atoms with Crippen molar-refractivity contribution in [2.45, 2.75) is 32.1 Å². The summed E-state index contributed by atoms with van der Waals surface area (Å²) >= 11 is 1.85. The molecule has 0 saturated heterocycles. The van der Waals surface area contributed by atoms with Crippen molar-refractivity contribution in [1.82, 2.24) is 20.2 Å². The van der Waals surface area contributed by atoms with Crippen LogP contribution >= 0.6 is 11.8 Å². The van der Waals surface area contributed by atoms with Crippen molar-refractivity contribution in [2.75, 3.05) is 19.3 Å². The summed E-state index contributed by atoms with van der Waals surface area (Å²) in [6, 6.07) is 8.17. The predicted octanol–water partition coefficient (Wildman–Crippen LogP) is 2.77. The fourth-order valence-electron chi connectivity index (χ4n) is 2.20. The molecule has 2 N–H and O–H groups in total. The van der Waals surface area contributed by atoms with Gasteiger partial charge in [-0.1, -0.05) is 12.1 Å². The van der Waals surface area contributed by atoms with E-state index in [2.05, 4.69) is 58.3 Å². The van der Waals surface area contributed by atoms with Crippen molar-refractivity contribution < 1.29 is 0 Å². The molecule has 0 unspecified atom stereocenters. The lowest BCUT2D eigenvalue weighted by Gasteiger charge is -2.23. The molecule has 1 aromatic heterocycles. The molecule has 0 fully saturated rings. The molecule has 0 radical (unpaired) electrons. The van der Waals surface area contributed by atoms with Crippen LogP contribution in [0.15, 0.2) is 29.3 Å². The van der Waals surface area contributed by atoms with E-state index < -0.39 is 0 Å². The van der Waals surface area contributed by atoms with E-state index in [0.717, 1.165) is 35.9 Å². The summed E-state index contributed by atoms with van der Waals surface area (Å²) in [5.41, 5.74) is 2.15. The van der Waals surface area contributed by atoms with Gasteiger partial charge < -0.3 is 15.2 Å². The summed E-state index contributed by atoms with van der Waals surface area (Å²) in [4.78, 5) is 9.34. The van der Waals surface area contributed by atoms with Gasteiger partial charge in [-0.25, -0.2) is 9.98 Å². The number of imidazole rings is 1. The number of para-hydroxylation sites is 2. The zero-order valence-electron chi connectivity index (χ0n) is 14.7. The number of rotatable bonds is 6. The quantitative estimate of drug-likeness (QED) is 0.630. The highest BCUT2D eigenvalue weighted by Gasteiger charge is 2.16. The zero-order chi connectivity index (χ0) is 16.9. The summed E-state index contributed by atoms with van der Waals surface area (Å²) in [5.74, 6) is 1.80. The number of nitrogens with one attached hydrogen (secondary N) is 2. The van der Waals surface area contributed by atoms with Crippen LogP contribution in [0, 0.1) is 0 Å². The minimum absolute atomic E-state index is 0.175. The van der Waals surface area contributed by atoms with Gasteiger partial charge in [-0.3, -0.25) is 0 Å². The molecule has 2 rings (SSSR count). The zero-order valence-corrected chi connectivity index (χ0v) is 15.5. The lowest BCUT2D eigenvalue weighted by Crippen LogP contribution is -2.43. The lowest BCUT2D eigenvalue weighted by atomic mass is 10.2. The van der Waals surface area contributed by atoms with Gasteiger partial charge in [0.05, 0.1) is 11.0 Å². The van der Waals surface area contributed by atoms with Crippen molar-refractivity contribution in [3.05, 3.63) is 30.1 Å². The Kier molecular flexibility index (Phi) is 5.93. The molecule has 0 atom stereocenters. The van der Waals surface area contributed by atoms with E-state index in [1.165, 1.54) is 0 Å². The summed E-state index contributed by atoms with van der Waals surface area (Å²) in [6.45, 7) is 8.78. The van der Waals surface area contributed by atoms with Gasteiger partial charge in [-0.05, 0) is 39.2 Å². The van der Waals surface area contributed by atoms with Crippen molar-refractivity contribution in [3.8, 4) is 0 Å². The molecule has 6 heteroatoms. The highest BCUT2D eigenvalue weighted by molar-refractivity contribution is 7.99. The van der Waals surface area contributed by atoms with Crippen LogP contribution < -0.4 is 10.6 Å². The van der Waals surface area contributed by atoms with Crippen LogP contribution in [0.4, 0.5) is 0 Å². The van der Waals surface area contributed by atoms with E-state index in [1.54, 1.807) is 0 Å². The van der Waals surface area contributed by atoms with E-state index in [9.17, 15) is 0 Å². The third-order valence-electron chi connectivity index (χ3n) is 3.84. The molecular formula is C17H27N5S. The standard InChI is InChI=1S/C17H27N5S/c1-6-18-16(20-12-17(2,3)23-5)19-11-15-21-13-9-7-8-10-14(13)22(15)4/h7-10H,6,11-12H2,1-5H3,(H2,18,19,20). The number of hydrogen-bond acceptors (Lipinski definition) is 3. The summed E-state index contributed by atoms with van der Waals surface area (Å²) in [6.07, 6.45) is 2.13. The van der Waals surface area contributed by atoms with E-state index in [1.807, 2.05) is 37.0 Å². The topological polar surface area (TPSA) is 54.2 Å². The number of aryl methyl sites for hydroxylation is 1. The largest absolute Gasteiger partial charge is 0.357 e. The van der Waals surface area contributed by atoms with Crippen molar-refractivity contribution >= 4 is 28.8 Å². The van der Waals surface area contributed by atoms with Gasteiger partial charge in [0, 0.05) is 24.9 Å². The fraction of sp³-hybridized carbons (Fsp3) is 0.529. The highest BCUT2D eigenvalue weighted by atomic mass is 32.2. The Hall–Kier alpha value is -1.69. The van der Waals surface area contributed by atoms with Crippen LogP contribution in [0.25, 0.3) is 11.0 Å². The van der Waals surface area contributed by atoms with E-state index in [4.69, 9.17) is 0 Å². The number of aromatic nitrogens is 2. The fourth-order valence-corrected chi connectivity index (χ4v) is 2.41. The smallest absolute Gasteiger partial charge is 0.191 e. The first-order valence-corrected chi connectivity index (χ1v) is 9.17. The van der Waals surface area contributed by atoms with Crippen molar-refractivity contribution in [1.29, 1.82) is 0 Å². The van der Waals surface area contributed by atoms with Crippen LogP contribution in [-0.2, 0) is 13.6 Å². The number of guanidine groups is 1. The van der Waals surface area contributed by atoms with Gasteiger partial charge in [0.1, 0.15) is 12.4 Å². The molecule has 5 nitrogen and oxygen atoms in total. The molecule has 0 aliphatic heterocycles. The lowest BCUT2D eigenvalue weighted by molar-refractivity contribution is 0.663. The Labute approximate surface area is 143 Å². The Morgan fingerprint density at radius 1 is 1.30 bits per heavy atom. The van der Waals surface area contributed by atoms with Crippen LogP contribution in [0.2, 0.25) is 0 Å². The molecular weight excluding hydrogens is 306 g/mol. The van der Waals surface area contributed by atoms with Crippen molar-refractivity contribution in [2.24, 2.45) is 12.0 Å². The number of aliphatic imine (C=N–C) groups is 1. The molecule has 0 aliphatic rings. The second-order valence-corrected chi connectivity index (χ2v) is 7.60. The minimum atomic E-state index is 0.175. The first-order chi connectivity index (χ1) is 11.0. The Bertz CT molecular complexity index is 675. The predicted molar refractivity (Wildman–Crippen MR) is 101 cm³/mol. The number of hydrogen-bond donors (Lipinski definition) is 2. The van der Waals surface area contributed by atoms with Crippen molar-refractivity contribution in [3.63, 3.8) is 0 Å². The molecule has 126 valence electrons. The Morgan fingerprint density at radius 2 is 2.04 bits per heavy atom. The third-order valence-corrected chi connectivity index (χ3v) is 5.09. The van der Waals surface area contributed by atoms with E-state index in [0.29, 0.717) is 6.54 Å². The summed E-state index contributed by atoms with van der Waals surface area (Å²) in [7, 11) is 2.04. The number of nitrogens with zero attached hydrogens (tertiary/aromatic N) is 3. The van der Waals surface area contributed by atoms with Crippen LogP contribution in [-0.4, -0.2) is 39.6 Å². The Morgan fingerprint density at radius 3 is 2.70 bits per heavy atom. The maximum atomic E-state index is 4.68. The first kappa shape index (κ1) is 17.7. The SMILES string of the molecule is CCNC(=NCc1nc2ccccc2n1C)NCC(C)(C)SC. The minimum Gasteiger partial charge on any atom is -0.357 e. The maximum absolute atomic E-state index is 4.68. The number of thioether (sulfide) groups is 1. The number of benzene rings is 1. The van der Waals surface area contributed by atoms with Gasteiger partial charge in [-0.2, -0.15) is 11.8 Å². The van der Waals surface area contributed by atoms with Gasteiger partial charge in [0.25, 0.3) is 0 Å².